The Bertz CT molecular complexity index is 515. The monoisotopic (exact) mass is 334 g/mol. The zero-order valence-corrected chi connectivity index (χ0v) is 12.7. The third kappa shape index (κ3) is 3.55. The zero-order chi connectivity index (χ0) is 13.7. The maximum Gasteiger partial charge on any atom is 0.339 e. The van der Waals surface area contributed by atoms with Crippen LogP contribution in [0.1, 0.15) is 34.8 Å². The minimum Gasteiger partial charge on any atom is -0.465 e. The van der Waals surface area contributed by atoms with Crippen molar-refractivity contribution in [2.75, 3.05) is 7.11 Å². The van der Waals surface area contributed by atoms with Gasteiger partial charge in [-0.15, -0.1) is 0 Å². The fourth-order valence-electron chi connectivity index (χ4n) is 1.73. The first kappa shape index (κ1) is 15.2. The number of benzene rings is 1. The molecule has 18 heavy (non-hydrogen) atoms. The van der Waals surface area contributed by atoms with Gasteiger partial charge in [0.25, 0.3) is 0 Å². The molecule has 0 amide bonds. The van der Waals surface area contributed by atoms with Crippen LogP contribution >= 0.6 is 15.9 Å². The van der Waals surface area contributed by atoms with Gasteiger partial charge >= 0.3 is 5.97 Å². The molecule has 0 atom stereocenters. The maximum atomic E-state index is 11.5. The molecule has 0 aliphatic heterocycles. The number of carbonyl (C=O) groups is 1. The topological polar surface area (TPSA) is 60.4 Å². The van der Waals surface area contributed by atoms with Crippen molar-refractivity contribution in [2.24, 2.45) is 0 Å². The number of carbonyl (C=O) groups excluding carboxylic acids is 1. The third-order valence-electron chi connectivity index (χ3n) is 2.55. The van der Waals surface area contributed by atoms with Crippen LogP contribution in [0, 0.1) is 0 Å². The molecular formula is C12H15BrO4S. The summed E-state index contributed by atoms with van der Waals surface area (Å²) in [5, 5.41) is 0. The number of halogens is 1. The van der Waals surface area contributed by atoms with Gasteiger partial charge in [0, 0.05) is 4.47 Å². The van der Waals surface area contributed by atoms with E-state index in [0.717, 1.165) is 18.4 Å². The predicted molar refractivity (Wildman–Crippen MR) is 73.5 cm³/mol. The SMILES string of the molecule is CCCc1ccc(C(=O)OC)c(Br)c1C[SH](=O)=O. The van der Waals surface area contributed by atoms with Crippen molar-refractivity contribution in [3.8, 4) is 0 Å². The Kier molecular flexibility index (Phi) is 5.81. The van der Waals surface area contributed by atoms with Crippen LogP contribution in [0.3, 0.4) is 0 Å². The largest absolute Gasteiger partial charge is 0.465 e. The van der Waals surface area contributed by atoms with Gasteiger partial charge in [0.15, 0.2) is 0 Å². The number of hydrogen-bond donors (Lipinski definition) is 1. The van der Waals surface area contributed by atoms with Crippen LogP contribution in [0.15, 0.2) is 16.6 Å². The number of ether oxygens (including phenoxy) is 1. The highest BCUT2D eigenvalue weighted by Crippen LogP contribution is 2.27. The van der Waals surface area contributed by atoms with E-state index in [-0.39, 0.29) is 5.75 Å². The Labute approximate surface area is 116 Å². The normalized spacial score (nSPS) is 10.7. The number of rotatable bonds is 5. The van der Waals surface area contributed by atoms with Crippen LogP contribution in [0.25, 0.3) is 0 Å². The predicted octanol–water partition coefficient (Wildman–Crippen LogP) is 2.30. The van der Waals surface area contributed by atoms with Gasteiger partial charge in [0.1, 0.15) is 10.7 Å². The average Bonchev–Trinajstić information content (AvgIpc) is 2.33. The molecule has 0 spiro atoms. The summed E-state index contributed by atoms with van der Waals surface area (Å²) in [6, 6.07) is 3.44. The van der Waals surface area contributed by atoms with E-state index < -0.39 is 16.7 Å². The summed E-state index contributed by atoms with van der Waals surface area (Å²) in [4.78, 5) is 11.5. The minimum atomic E-state index is -2.54. The fourth-order valence-corrected chi connectivity index (χ4v) is 3.26. The lowest BCUT2D eigenvalue weighted by molar-refractivity contribution is 0.0599. The van der Waals surface area contributed by atoms with E-state index in [0.29, 0.717) is 15.6 Å². The quantitative estimate of drug-likeness (QED) is 0.663. The maximum absolute atomic E-state index is 11.5. The molecule has 1 rings (SSSR count). The van der Waals surface area contributed by atoms with Gasteiger partial charge < -0.3 is 4.74 Å². The van der Waals surface area contributed by atoms with Gasteiger partial charge in [-0.3, -0.25) is 0 Å². The van der Waals surface area contributed by atoms with Crippen molar-refractivity contribution in [2.45, 2.75) is 25.5 Å². The van der Waals surface area contributed by atoms with Gasteiger partial charge in [-0.05, 0) is 39.5 Å². The molecule has 0 heterocycles. The molecule has 0 aliphatic rings. The summed E-state index contributed by atoms with van der Waals surface area (Å²) in [6.07, 6.45) is 1.69. The van der Waals surface area contributed by atoms with Crippen LogP contribution in [0.4, 0.5) is 0 Å². The molecule has 1 aromatic rings. The molecule has 0 aromatic heterocycles. The van der Waals surface area contributed by atoms with Crippen molar-refractivity contribution in [3.05, 3.63) is 33.3 Å². The number of thiol groups is 1. The molecule has 0 saturated heterocycles. The lowest BCUT2D eigenvalue weighted by atomic mass is 10.0. The summed E-state index contributed by atoms with van der Waals surface area (Å²) in [6.45, 7) is 2.02. The van der Waals surface area contributed by atoms with Crippen LogP contribution < -0.4 is 0 Å². The van der Waals surface area contributed by atoms with Crippen molar-refractivity contribution in [1.82, 2.24) is 0 Å². The Morgan fingerprint density at radius 3 is 2.56 bits per heavy atom. The van der Waals surface area contributed by atoms with E-state index >= 15 is 0 Å². The number of methoxy groups -OCH3 is 1. The summed E-state index contributed by atoms with van der Waals surface area (Å²) in [5.74, 6) is -0.553. The molecule has 6 heteroatoms. The smallest absolute Gasteiger partial charge is 0.339 e. The molecular weight excluding hydrogens is 320 g/mol. The van der Waals surface area contributed by atoms with E-state index in [1.165, 1.54) is 7.11 Å². The van der Waals surface area contributed by atoms with Gasteiger partial charge in [0.2, 0.25) is 0 Å². The average molecular weight is 335 g/mol. The molecule has 0 N–H and O–H groups in total. The first-order chi connectivity index (χ1) is 8.51. The first-order valence-corrected chi connectivity index (χ1v) is 7.67. The molecule has 0 fully saturated rings. The van der Waals surface area contributed by atoms with E-state index in [1.807, 2.05) is 6.92 Å². The highest BCUT2D eigenvalue weighted by Gasteiger charge is 2.17. The van der Waals surface area contributed by atoms with Crippen LogP contribution in [0.2, 0.25) is 0 Å². The van der Waals surface area contributed by atoms with E-state index in [1.54, 1.807) is 12.1 Å². The van der Waals surface area contributed by atoms with Gasteiger partial charge in [-0.1, -0.05) is 19.4 Å². The molecule has 1 aromatic carbocycles. The number of aryl methyl sites for hydroxylation is 1. The molecule has 100 valence electrons. The van der Waals surface area contributed by atoms with Crippen molar-refractivity contribution in [1.29, 1.82) is 0 Å². The van der Waals surface area contributed by atoms with Crippen molar-refractivity contribution in [3.63, 3.8) is 0 Å². The summed E-state index contributed by atoms with van der Waals surface area (Å²) in [7, 11) is -1.24. The Hall–Kier alpha value is -0.880. The molecule has 0 aliphatic carbocycles. The Morgan fingerprint density at radius 1 is 1.39 bits per heavy atom. The standard InChI is InChI=1S/C12H15BrO4S/c1-3-4-8-5-6-9(12(14)17-2)11(13)10(8)7-18(15)16/h5-6,18H,3-4,7H2,1-2H3. The molecule has 0 bridgehead atoms. The number of hydrogen-bond acceptors (Lipinski definition) is 4. The van der Waals surface area contributed by atoms with E-state index in [4.69, 9.17) is 0 Å². The van der Waals surface area contributed by atoms with Crippen LogP contribution in [-0.2, 0) is 27.6 Å². The van der Waals surface area contributed by atoms with Crippen molar-refractivity contribution >= 4 is 32.6 Å². The molecule has 0 unspecified atom stereocenters. The second kappa shape index (κ2) is 6.89. The lowest BCUT2D eigenvalue weighted by Gasteiger charge is -2.12. The highest BCUT2D eigenvalue weighted by molar-refractivity contribution is 9.10. The summed E-state index contributed by atoms with van der Waals surface area (Å²) >= 11 is 3.30. The Morgan fingerprint density at radius 2 is 2.06 bits per heavy atom. The summed E-state index contributed by atoms with van der Waals surface area (Å²) in [5.41, 5.74) is 1.94. The lowest BCUT2D eigenvalue weighted by Crippen LogP contribution is -2.07. The first-order valence-electron chi connectivity index (χ1n) is 5.51. The molecule has 0 saturated carbocycles. The second-order valence-electron chi connectivity index (χ2n) is 3.80. The minimum absolute atomic E-state index is 0.0733. The van der Waals surface area contributed by atoms with Gasteiger partial charge in [-0.2, -0.15) is 0 Å². The Balaban J connectivity index is 3.33. The third-order valence-corrected chi connectivity index (χ3v) is 4.03. The molecule has 4 nitrogen and oxygen atoms in total. The van der Waals surface area contributed by atoms with E-state index in [2.05, 4.69) is 20.7 Å². The molecule has 0 radical (unpaired) electrons. The van der Waals surface area contributed by atoms with Crippen molar-refractivity contribution < 1.29 is 17.9 Å². The van der Waals surface area contributed by atoms with Crippen LogP contribution in [0.5, 0.6) is 0 Å². The van der Waals surface area contributed by atoms with Gasteiger partial charge in [-0.25, -0.2) is 13.2 Å². The second-order valence-corrected chi connectivity index (χ2v) is 5.57. The van der Waals surface area contributed by atoms with E-state index in [9.17, 15) is 13.2 Å². The summed E-state index contributed by atoms with van der Waals surface area (Å²) < 4.78 is 27.0. The zero-order valence-electron chi connectivity index (χ0n) is 10.2. The van der Waals surface area contributed by atoms with Gasteiger partial charge in [0.05, 0.1) is 18.4 Å². The number of esters is 1. The highest BCUT2D eigenvalue weighted by atomic mass is 79.9. The van der Waals surface area contributed by atoms with Crippen LogP contribution in [-0.4, -0.2) is 21.5 Å². The fraction of sp³-hybridized carbons (Fsp3) is 0.417.